The third-order valence-corrected chi connectivity index (χ3v) is 3.44. The first-order valence-corrected chi connectivity index (χ1v) is 7.49. The number of thioether (sulfide) groups is 1. The number of benzene rings is 1. The minimum Gasteiger partial charge on any atom is -0.459 e. The van der Waals surface area contributed by atoms with Crippen LogP contribution in [0.4, 0.5) is 0 Å². The summed E-state index contributed by atoms with van der Waals surface area (Å²) in [4.78, 5) is 22.9. The predicted octanol–water partition coefficient (Wildman–Crippen LogP) is 2.35. The SMILES string of the molecule is CC(=O)N/N=C(/NC(=O)c1ccco1)SCc1ccccc1. The molecule has 6 nitrogen and oxygen atoms in total. The molecular weight excluding hydrogens is 302 g/mol. The van der Waals surface area contributed by atoms with Crippen molar-refractivity contribution in [3.05, 3.63) is 60.1 Å². The highest BCUT2D eigenvalue weighted by Crippen LogP contribution is 2.13. The number of carbonyl (C=O) groups is 2. The summed E-state index contributed by atoms with van der Waals surface area (Å²) in [6, 6.07) is 12.9. The van der Waals surface area contributed by atoms with Crippen molar-refractivity contribution in [2.24, 2.45) is 5.10 Å². The second-order valence-electron chi connectivity index (χ2n) is 4.29. The van der Waals surface area contributed by atoms with Gasteiger partial charge in [0.1, 0.15) is 0 Å². The average Bonchev–Trinajstić information content (AvgIpc) is 3.05. The molecule has 1 heterocycles. The molecule has 0 saturated carbocycles. The zero-order chi connectivity index (χ0) is 15.8. The van der Waals surface area contributed by atoms with Crippen molar-refractivity contribution in [1.82, 2.24) is 10.7 Å². The second-order valence-corrected chi connectivity index (χ2v) is 5.25. The molecule has 0 saturated heterocycles. The van der Waals surface area contributed by atoms with E-state index >= 15 is 0 Å². The largest absolute Gasteiger partial charge is 0.459 e. The van der Waals surface area contributed by atoms with Crippen molar-refractivity contribution in [2.75, 3.05) is 0 Å². The zero-order valence-corrected chi connectivity index (χ0v) is 12.7. The van der Waals surface area contributed by atoms with Crippen LogP contribution >= 0.6 is 11.8 Å². The van der Waals surface area contributed by atoms with Crippen molar-refractivity contribution in [2.45, 2.75) is 12.7 Å². The number of hydrogen-bond donors (Lipinski definition) is 2. The summed E-state index contributed by atoms with van der Waals surface area (Å²) in [5, 5.41) is 6.80. The maximum atomic E-state index is 12.0. The Bertz CT molecular complexity index is 654. The Morgan fingerprint density at radius 3 is 2.59 bits per heavy atom. The van der Waals surface area contributed by atoms with Gasteiger partial charge in [0.25, 0.3) is 5.91 Å². The molecule has 0 spiro atoms. The number of nitrogens with zero attached hydrogens (tertiary/aromatic N) is 1. The molecular formula is C15H15N3O3S. The van der Waals surface area contributed by atoms with Crippen LogP contribution in [0, 0.1) is 0 Å². The third kappa shape index (κ3) is 5.10. The van der Waals surface area contributed by atoms with E-state index in [0.717, 1.165) is 5.56 Å². The van der Waals surface area contributed by atoms with Crippen LogP contribution in [0.5, 0.6) is 0 Å². The maximum absolute atomic E-state index is 12.0. The van der Waals surface area contributed by atoms with E-state index in [4.69, 9.17) is 4.42 Å². The highest BCUT2D eigenvalue weighted by Gasteiger charge is 2.12. The van der Waals surface area contributed by atoms with Gasteiger partial charge in [-0.3, -0.25) is 14.9 Å². The lowest BCUT2D eigenvalue weighted by Gasteiger charge is -2.07. The number of rotatable bonds is 4. The van der Waals surface area contributed by atoms with E-state index < -0.39 is 5.91 Å². The molecule has 1 aromatic carbocycles. The minimum atomic E-state index is -0.422. The van der Waals surface area contributed by atoms with Gasteiger partial charge in [-0.25, -0.2) is 5.43 Å². The summed E-state index contributed by atoms with van der Waals surface area (Å²) in [5.74, 6) is 0.0492. The summed E-state index contributed by atoms with van der Waals surface area (Å²) in [6.45, 7) is 1.34. The molecule has 0 bridgehead atoms. The topological polar surface area (TPSA) is 83.7 Å². The monoisotopic (exact) mass is 317 g/mol. The smallest absolute Gasteiger partial charge is 0.292 e. The summed E-state index contributed by atoms with van der Waals surface area (Å²) in [7, 11) is 0. The fourth-order valence-corrected chi connectivity index (χ4v) is 2.29. The number of carbonyl (C=O) groups excluding carboxylic acids is 2. The van der Waals surface area contributed by atoms with E-state index in [0.29, 0.717) is 10.9 Å². The Kier molecular flexibility index (Phi) is 5.79. The van der Waals surface area contributed by atoms with Crippen LogP contribution < -0.4 is 10.7 Å². The molecule has 7 heteroatoms. The number of hydrazone groups is 1. The summed E-state index contributed by atoms with van der Waals surface area (Å²) >= 11 is 1.30. The Balaban J connectivity index is 2.01. The number of hydrogen-bond acceptors (Lipinski definition) is 5. The highest BCUT2D eigenvalue weighted by molar-refractivity contribution is 8.13. The van der Waals surface area contributed by atoms with Gasteiger partial charge in [-0.2, -0.15) is 0 Å². The van der Waals surface area contributed by atoms with Gasteiger partial charge in [0, 0.05) is 12.7 Å². The number of furan rings is 1. The molecule has 2 rings (SSSR count). The van der Waals surface area contributed by atoms with Crippen molar-refractivity contribution in [3.8, 4) is 0 Å². The van der Waals surface area contributed by atoms with E-state index in [9.17, 15) is 9.59 Å². The lowest BCUT2D eigenvalue weighted by Crippen LogP contribution is -2.30. The molecule has 0 unspecified atom stereocenters. The molecule has 1 aromatic heterocycles. The second kappa shape index (κ2) is 8.04. The molecule has 0 radical (unpaired) electrons. The Morgan fingerprint density at radius 1 is 1.18 bits per heavy atom. The first-order chi connectivity index (χ1) is 10.6. The van der Waals surface area contributed by atoms with Crippen LogP contribution in [0.3, 0.4) is 0 Å². The van der Waals surface area contributed by atoms with Crippen LogP contribution in [-0.2, 0) is 10.5 Å². The Labute approximate surface area is 132 Å². The molecule has 0 atom stereocenters. The standard InChI is InChI=1S/C15H15N3O3S/c1-11(19)17-18-15(16-14(20)13-8-5-9-21-13)22-10-12-6-3-2-4-7-12/h2-9H,10H2,1H3,(H,17,19)(H,16,18,20). The molecule has 2 aromatic rings. The van der Waals surface area contributed by atoms with Gasteiger partial charge in [0.15, 0.2) is 10.9 Å². The van der Waals surface area contributed by atoms with Crippen molar-refractivity contribution < 1.29 is 14.0 Å². The quantitative estimate of drug-likeness (QED) is 0.515. The van der Waals surface area contributed by atoms with Crippen molar-refractivity contribution in [1.29, 1.82) is 0 Å². The van der Waals surface area contributed by atoms with Gasteiger partial charge < -0.3 is 4.42 Å². The molecule has 114 valence electrons. The van der Waals surface area contributed by atoms with Crippen LogP contribution in [0.1, 0.15) is 23.0 Å². The zero-order valence-electron chi connectivity index (χ0n) is 11.9. The van der Waals surface area contributed by atoms with Gasteiger partial charge >= 0.3 is 0 Å². The van der Waals surface area contributed by atoms with Crippen LogP contribution in [0.2, 0.25) is 0 Å². The molecule has 22 heavy (non-hydrogen) atoms. The minimum absolute atomic E-state index is 0.177. The van der Waals surface area contributed by atoms with Gasteiger partial charge in [-0.1, -0.05) is 42.1 Å². The van der Waals surface area contributed by atoms with Gasteiger partial charge in [-0.05, 0) is 17.7 Å². The number of amides is 2. The summed E-state index contributed by atoms with van der Waals surface area (Å²) < 4.78 is 5.02. The van der Waals surface area contributed by atoms with Crippen LogP contribution in [0.15, 0.2) is 58.2 Å². The predicted molar refractivity (Wildman–Crippen MR) is 85.2 cm³/mol. The number of nitrogens with one attached hydrogen (secondary N) is 2. The van der Waals surface area contributed by atoms with Crippen LogP contribution in [-0.4, -0.2) is 17.0 Å². The lowest BCUT2D eigenvalue weighted by molar-refractivity contribution is -0.118. The summed E-state index contributed by atoms with van der Waals surface area (Å²) in [6.07, 6.45) is 1.41. The highest BCUT2D eigenvalue weighted by atomic mass is 32.2. The van der Waals surface area contributed by atoms with Gasteiger partial charge in [0.05, 0.1) is 6.26 Å². The fourth-order valence-electron chi connectivity index (χ4n) is 1.52. The number of amidine groups is 1. The first-order valence-electron chi connectivity index (χ1n) is 6.51. The van der Waals surface area contributed by atoms with E-state index in [1.54, 1.807) is 12.1 Å². The normalized spacial score (nSPS) is 11.0. The maximum Gasteiger partial charge on any atom is 0.292 e. The molecule has 0 aliphatic heterocycles. The molecule has 2 amide bonds. The van der Waals surface area contributed by atoms with Crippen molar-refractivity contribution >= 4 is 28.7 Å². The Morgan fingerprint density at radius 2 is 1.95 bits per heavy atom. The van der Waals surface area contributed by atoms with E-state index in [1.165, 1.54) is 24.9 Å². The third-order valence-electron chi connectivity index (χ3n) is 2.50. The van der Waals surface area contributed by atoms with Crippen molar-refractivity contribution in [3.63, 3.8) is 0 Å². The molecule has 0 aliphatic rings. The lowest BCUT2D eigenvalue weighted by atomic mass is 10.2. The van der Waals surface area contributed by atoms with E-state index in [2.05, 4.69) is 15.8 Å². The van der Waals surface area contributed by atoms with Crippen LogP contribution in [0.25, 0.3) is 0 Å². The molecule has 2 N–H and O–H groups in total. The van der Waals surface area contributed by atoms with Gasteiger partial charge in [-0.15, -0.1) is 5.10 Å². The van der Waals surface area contributed by atoms with E-state index in [1.807, 2.05) is 30.3 Å². The average molecular weight is 317 g/mol. The first kappa shape index (κ1) is 15.8. The van der Waals surface area contributed by atoms with Gasteiger partial charge in [0.2, 0.25) is 5.91 Å². The molecule has 0 aliphatic carbocycles. The Hall–Kier alpha value is -2.54. The van der Waals surface area contributed by atoms with E-state index in [-0.39, 0.29) is 11.7 Å². The fraction of sp³-hybridized carbons (Fsp3) is 0.133. The summed E-state index contributed by atoms with van der Waals surface area (Å²) in [5.41, 5.74) is 3.39. The molecule has 0 fully saturated rings.